The van der Waals surface area contributed by atoms with Gasteiger partial charge in [-0.15, -0.1) is 0 Å². The van der Waals surface area contributed by atoms with Gasteiger partial charge in [-0.2, -0.15) is 13.2 Å². The number of fused-ring (bicyclic) bond motifs is 2. The smallest absolute Gasteiger partial charge is 0.431 e. The third kappa shape index (κ3) is 5.61. The van der Waals surface area contributed by atoms with Crippen LogP contribution in [0.15, 0.2) is 42.6 Å². The molecule has 1 aromatic carbocycles. The first-order chi connectivity index (χ1) is 19.0. The second-order valence-electron chi connectivity index (χ2n) is 12.4. The van der Waals surface area contributed by atoms with Gasteiger partial charge in [-0.3, -0.25) is 4.90 Å². The maximum Gasteiger partial charge on any atom is 0.431 e. The molecule has 1 saturated carbocycles. The average Bonchev–Trinajstić information content (AvgIpc) is 3.52. The van der Waals surface area contributed by atoms with Crippen molar-refractivity contribution < 1.29 is 27.4 Å². The topological polar surface area (TPSA) is 60.8 Å². The molecule has 1 aliphatic carbocycles. The van der Waals surface area contributed by atoms with Crippen LogP contribution in [-0.2, 0) is 22.4 Å². The van der Waals surface area contributed by atoms with E-state index in [1.54, 1.807) is 12.3 Å². The molecule has 2 aromatic heterocycles. The van der Waals surface area contributed by atoms with Gasteiger partial charge in [0.1, 0.15) is 30.6 Å². The molecule has 216 valence electrons. The van der Waals surface area contributed by atoms with Crippen molar-refractivity contribution in [2.24, 2.45) is 0 Å². The molecule has 11 heteroatoms. The standard InChI is InChI=1S/C29H37F3N4O3Si/c1-40(2,3)15-14-37-19-36-22-8-11-33-27(21(22)16-25(36)29(30,31)32)34-26-20-6-4-5-7-24(20)38-17-23(26)35-12-13-39-28(18-35)9-10-28/h4-8,11,16,23,26H,9-10,12-15,17-19H2,1-3H3,(H,33,34)/t23-,26-/m0/s1. The number of benzene rings is 1. The molecule has 7 nitrogen and oxygen atoms in total. The molecule has 3 aromatic rings. The van der Waals surface area contributed by atoms with Gasteiger partial charge in [-0.05, 0) is 37.1 Å². The number of aromatic nitrogens is 2. The van der Waals surface area contributed by atoms with Crippen molar-refractivity contribution in [1.82, 2.24) is 14.5 Å². The highest BCUT2D eigenvalue weighted by Crippen LogP contribution is 2.45. The molecule has 2 fully saturated rings. The van der Waals surface area contributed by atoms with E-state index in [2.05, 4.69) is 34.8 Å². The van der Waals surface area contributed by atoms with Crippen LogP contribution >= 0.6 is 0 Å². The number of hydrogen-bond acceptors (Lipinski definition) is 6. The van der Waals surface area contributed by atoms with Gasteiger partial charge >= 0.3 is 6.18 Å². The zero-order valence-corrected chi connectivity index (χ0v) is 24.3. The summed E-state index contributed by atoms with van der Waals surface area (Å²) in [4.78, 5) is 6.95. The number of hydrogen-bond donors (Lipinski definition) is 1. The summed E-state index contributed by atoms with van der Waals surface area (Å²) in [6.45, 7) is 9.66. The van der Waals surface area contributed by atoms with Crippen LogP contribution in [0.25, 0.3) is 10.9 Å². The van der Waals surface area contributed by atoms with Gasteiger partial charge in [0.2, 0.25) is 0 Å². The highest BCUT2D eigenvalue weighted by Gasteiger charge is 2.50. The first-order valence-corrected chi connectivity index (χ1v) is 17.7. The summed E-state index contributed by atoms with van der Waals surface area (Å²) in [5.74, 6) is 1.20. The minimum Gasteiger partial charge on any atom is -0.491 e. The predicted octanol–water partition coefficient (Wildman–Crippen LogP) is 6.15. The van der Waals surface area contributed by atoms with Crippen LogP contribution < -0.4 is 10.1 Å². The monoisotopic (exact) mass is 574 g/mol. The van der Waals surface area contributed by atoms with Crippen LogP contribution in [0.5, 0.6) is 5.75 Å². The first-order valence-electron chi connectivity index (χ1n) is 14.0. The van der Waals surface area contributed by atoms with Crippen molar-refractivity contribution in [2.45, 2.75) is 69.1 Å². The summed E-state index contributed by atoms with van der Waals surface area (Å²) < 4.78 is 61.9. The number of halogens is 3. The molecule has 1 N–H and O–H groups in total. The predicted molar refractivity (Wildman–Crippen MR) is 150 cm³/mol. The SMILES string of the molecule is C[Si](C)(C)CCOCn1c(C(F)(F)F)cc2c(N[C@H]3c4ccccc4OC[C@@H]3N3CCOC4(CC4)C3)nccc21. The van der Waals surface area contributed by atoms with Crippen LogP contribution in [0.3, 0.4) is 0 Å². The summed E-state index contributed by atoms with van der Waals surface area (Å²) in [5.41, 5.74) is 0.614. The maximum absolute atomic E-state index is 14.2. The van der Waals surface area contributed by atoms with Crippen LogP contribution in [0.4, 0.5) is 19.0 Å². The summed E-state index contributed by atoms with van der Waals surface area (Å²) in [6, 6.07) is 11.3. The van der Waals surface area contributed by atoms with Gasteiger partial charge in [0, 0.05) is 44.9 Å². The molecule has 6 rings (SSSR count). The van der Waals surface area contributed by atoms with E-state index in [0.29, 0.717) is 36.5 Å². The second-order valence-corrected chi connectivity index (χ2v) is 18.1. The molecule has 0 bridgehead atoms. The van der Waals surface area contributed by atoms with Crippen LogP contribution in [0.1, 0.15) is 30.1 Å². The van der Waals surface area contributed by atoms with E-state index in [1.807, 2.05) is 24.3 Å². The average molecular weight is 575 g/mol. The number of nitrogens with zero attached hydrogens (tertiary/aromatic N) is 3. The van der Waals surface area contributed by atoms with Gasteiger partial charge in [0.25, 0.3) is 0 Å². The zero-order chi connectivity index (χ0) is 28.1. The van der Waals surface area contributed by atoms with Gasteiger partial charge < -0.3 is 24.1 Å². The van der Waals surface area contributed by atoms with Crippen molar-refractivity contribution in [3.63, 3.8) is 0 Å². The van der Waals surface area contributed by atoms with Gasteiger partial charge in [-0.25, -0.2) is 4.98 Å². The lowest BCUT2D eigenvalue weighted by Crippen LogP contribution is -2.55. The number of morpholine rings is 1. The molecular weight excluding hydrogens is 537 g/mol. The van der Waals surface area contributed by atoms with Crippen LogP contribution in [-0.4, -0.2) is 67.1 Å². The van der Waals surface area contributed by atoms with E-state index in [-0.39, 0.29) is 24.4 Å². The van der Waals surface area contributed by atoms with Crippen molar-refractivity contribution in [1.29, 1.82) is 0 Å². The quantitative estimate of drug-likeness (QED) is 0.257. The summed E-state index contributed by atoms with van der Waals surface area (Å²) in [5, 5.41) is 3.99. The van der Waals surface area contributed by atoms with E-state index in [9.17, 15) is 13.2 Å². The molecule has 0 unspecified atom stereocenters. The van der Waals surface area contributed by atoms with Gasteiger partial charge in [0.15, 0.2) is 0 Å². The van der Waals surface area contributed by atoms with Crippen molar-refractivity contribution in [3.8, 4) is 5.75 Å². The van der Waals surface area contributed by atoms with Gasteiger partial charge in [-0.1, -0.05) is 37.8 Å². The number of alkyl halides is 3. The molecule has 2 atom stereocenters. The van der Waals surface area contributed by atoms with Crippen molar-refractivity contribution in [3.05, 3.63) is 53.9 Å². The van der Waals surface area contributed by atoms with Crippen molar-refractivity contribution in [2.75, 3.05) is 38.2 Å². The zero-order valence-electron chi connectivity index (χ0n) is 23.3. The Balaban J connectivity index is 1.34. The van der Waals surface area contributed by atoms with Gasteiger partial charge in [0.05, 0.1) is 29.8 Å². The Kier molecular flexibility index (Phi) is 7.13. The van der Waals surface area contributed by atoms with E-state index in [1.165, 1.54) is 10.6 Å². The van der Waals surface area contributed by atoms with Crippen LogP contribution in [0.2, 0.25) is 25.7 Å². The lowest BCUT2D eigenvalue weighted by Gasteiger charge is -2.44. The second kappa shape index (κ2) is 10.3. The highest BCUT2D eigenvalue weighted by atomic mass is 28.3. The lowest BCUT2D eigenvalue weighted by atomic mass is 9.94. The normalized spacial score (nSPS) is 22.8. The van der Waals surface area contributed by atoms with E-state index < -0.39 is 19.9 Å². The van der Waals surface area contributed by atoms with E-state index in [4.69, 9.17) is 14.2 Å². The highest BCUT2D eigenvalue weighted by molar-refractivity contribution is 6.76. The Hall–Kier alpha value is -2.60. The van der Waals surface area contributed by atoms with Crippen molar-refractivity contribution >= 4 is 24.8 Å². The Morgan fingerprint density at radius 1 is 1.18 bits per heavy atom. The lowest BCUT2D eigenvalue weighted by molar-refractivity contribution is -0.145. The fourth-order valence-corrected chi connectivity index (χ4v) is 6.55. The first kappa shape index (κ1) is 27.6. The minimum atomic E-state index is -4.53. The number of rotatable bonds is 8. The maximum atomic E-state index is 14.2. The van der Waals surface area contributed by atoms with E-state index in [0.717, 1.165) is 43.3 Å². The molecule has 40 heavy (non-hydrogen) atoms. The number of para-hydroxylation sites is 1. The minimum absolute atomic E-state index is 0.0256. The Morgan fingerprint density at radius 3 is 2.73 bits per heavy atom. The summed E-state index contributed by atoms with van der Waals surface area (Å²) in [6.07, 6.45) is -0.850. The molecule has 1 saturated heterocycles. The van der Waals surface area contributed by atoms with E-state index >= 15 is 0 Å². The molecule has 0 amide bonds. The largest absolute Gasteiger partial charge is 0.491 e. The molecular formula is C29H37F3N4O3Si. The molecule has 4 heterocycles. The molecule has 0 radical (unpaired) electrons. The number of ether oxygens (including phenoxy) is 3. The molecule has 2 aliphatic heterocycles. The Labute approximate surface area is 233 Å². The third-order valence-corrected chi connectivity index (χ3v) is 9.94. The Bertz CT molecular complexity index is 1370. The fraction of sp³-hybridized carbons (Fsp3) is 0.552. The fourth-order valence-electron chi connectivity index (χ4n) is 5.79. The number of pyridine rings is 1. The molecule has 1 spiro atoms. The van der Waals surface area contributed by atoms with Crippen LogP contribution in [0, 0.1) is 0 Å². The summed E-state index contributed by atoms with van der Waals surface area (Å²) in [7, 11) is -1.37. The number of anilines is 1. The summed E-state index contributed by atoms with van der Waals surface area (Å²) >= 11 is 0. The number of nitrogens with one attached hydrogen (secondary N) is 1. The molecule has 3 aliphatic rings. The third-order valence-electron chi connectivity index (χ3n) is 8.23. The Morgan fingerprint density at radius 2 is 1.98 bits per heavy atom.